The van der Waals surface area contributed by atoms with Gasteiger partial charge in [-0.1, -0.05) is 28.1 Å². The quantitative estimate of drug-likeness (QED) is 0.866. The molecule has 20 heavy (non-hydrogen) atoms. The monoisotopic (exact) mass is 338 g/mol. The van der Waals surface area contributed by atoms with Gasteiger partial charge in [-0.25, -0.2) is 0 Å². The number of nitrogens with one attached hydrogen (secondary N) is 2. The predicted octanol–water partition coefficient (Wildman–Crippen LogP) is 1.93. The topological polar surface area (TPSA) is 50.4 Å². The molecule has 1 saturated heterocycles. The molecule has 0 aromatic heterocycles. The van der Waals surface area contributed by atoms with Crippen LogP contribution in [0.25, 0.3) is 0 Å². The fourth-order valence-corrected chi connectivity index (χ4v) is 3.63. The zero-order chi connectivity index (χ0) is 14.1. The van der Waals surface area contributed by atoms with Gasteiger partial charge in [0.1, 0.15) is 6.04 Å². The minimum absolute atomic E-state index is 0.0371. The molecule has 3 rings (SSSR count). The van der Waals surface area contributed by atoms with Crippen LogP contribution in [-0.4, -0.2) is 31.2 Å². The number of ether oxygens (including phenoxy) is 1. The number of hydrogen-bond acceptors (Lipinski definition) is 3. The summed E-state index contributed by atoms with van der Waals surface area (Å²) < 4.78 is 6.67. The first-order valence-electron chi connectivity index (χ1n) is 7.09. The maximum Gasteiger partial charge on any atom is 0.240 e. The van der Waals surface area contributed by atoms with Gasteiger partial charge in [0.2, 0.25) is 5.91 Å². The largest absolute Gasteiger partial charge is 0.375 e. The lowest BCUT2D eigenvalue weighted by Gasteiger charge is -2.30. The van der Waals surface area contributed by atoms with Gasteiger partial charge in [-0.05, 0) is 37.0 Å². The van der Waals surface area contributed by atoms with E-state index in [4.69, 9.17) is 4.74 Å². The highest BCUT2D eigenvalue weighted by atomic mass is 79.9. The molecule has 1 aromatic carbocycles. The van der Waals surface area contributed by atoms with Crippen molar-refractivity contribution in [1.82, 2.24) is 10.6 Å². The average molecular weight is 339 g/mol. The zero-order valence-electron chi connectivity index (χ0n) is 11.5. The van der Waals surface area contributed by atoms with E-state index >= 15 is 0 Å². The lowest BCUT2D eigenvalue weighted by molar-refractivity contribution is -0.129. The average Bonchev–Trinajstić information content (AvgIpc) is 2.84. The number of hydrogen-bond donors (Lipinski definition) is 2. The second-order valence-electron chi connectivity index (χ2n) is 5.42. The normalized spacial score (nSPS) is 29.0. The van der Waals surface area contributed by atoms with Crippen LogP contribution in [0, 0.1) is 0 Å². The summed E-state index contributed by atoms with van der Waals surface area (Å²) in [6.45, 7) is 3.34. The highest BCUT2D eigenvalue weighted by Crippen LogP contribution is 2.35. The Kier molecular flexibility index (Phi) is 4.10. The fraction of sp³-hybridized carbons (Fsp3) is 0.533. The highest BCUT2D eigenvalue weighted by molar-refractivity contribution is 9.10. The molecule has 3 atom stereocenters. The van der Waals surface area contributed by atoms with Crippen LogP contribution in [0.3, 0.4) is 0 Å². The molecule has 1 heterocycles. The number of carbonyl (C=O) groups is 1. The second-order valence-corrected chi connectivity index (χ2v) is 6.27. The first-order valence-corrected chi connectivity index (χ1v) is 7.89. The number of fused-ring (bicyclic) bond motifs is 1. The third-order valence-corrected chi connectivity index (χ3v) is 4.87. The number of halogens is 1. The van der Waals surface area contributed by atoms with Gasteiger partial charge >= 0.3 is 0 Å². The molecule has 2 N–H and O–H groups in total. The number of carbonyl (C=O) groups excluding carboxylic acids is 1. The van der Waals surface area contributed by atoms with Gasteiger partial charge < -0.3 is 15.4 Å². The molecular formula is C15H19BrN2O2. The molecule has 1 aromatic rings. The molecule has 0 bridgehead atoms. The summed E-state index contributed by atoms with van der Waals surface area (Å²) in [6, 6.07) is 6.05. The smallest absolute Gasteiger partial charge is 0.240 e. The summed E-state index contributed by atoms with van der Waals surface area (Å²) in [4.78, 5) is 12.4. The van der Waals surface area contributed by atoms with Crippen molar-refractivity contribution in [2.24, 2.45) is 0 Å². The minimum atomic E-state index is -0.250. The van der Waals surface area contributed by atoms with Gasteiger partial charge in [0.05, 0.1) is 18.8 Å². The molecule has 1 fully saturated rings. The molecule has 1 unspecified atom stereocenters. The predicted molar refractivity (Wildman–Crippen MR) is 80.6 cm³/mol. The number of morpholine rings is 1. The van der Waals surface area contributed by atoms with Crippen molar-refractivity contribution < 1.29 is 9.53 Å². The summed E-state index contributed by atoms with van der Waals surface area (Å²) in [7, 11) is 0. The third kappa shape index (κ3) is 2.62. The summed E-state index contributed by atoms with van der Waals surface area (Å²) in [6.07, 6.45) is 1.89. The summed E-state index contributed by atoms with van der Waals surface area (Å²) >= 11 is 3.58. The van der Waals surface area contributed by atoms with Crippen LogP contribution >= 0.6 is 15.9 Å². The Morgan fingerprint density at radius 2 is 2.35 bits per heavy atom. The van der Waals surface area contributed by atoms with Gasteiger partial charge in [0.15, 0.2) is 0 Å². The molecule has 4 nitrogen and oxygen atoms in total. The van der Waals surface area contributed by atoms with Gasteiger partial charge in [-0.15, -0.1) is 0 Å². The fourth-order valence-electron chi connectivity index (χ4n) is 3.05. The molecule has 2 aliphatic rings. The number of amides is 1. The van der Waals surface area contributed by atoms with Crippen LogP contribution in [0.4, 0.5) is 0 Å². The van der Waals surface area contributed by atoms with Crippen LogP contribution in [0.2, 0.25) is 0 Å². The first kappa shape index (κ1) is 14.0. The molecule has 1 aliphatic carbocycles. The molecule has 0 saturated carbocycles. The number of benzene rings is 1. The SMILES string of the molecule is C[C@H]1OCCN[C@@H]1C(=O)NC1CCc2c(Br)cccc21. The molecule has 1 aliphatic heterocycles. The van der Waals surface area contributed by atoms with E-state index in [1.54, 1.807) is 0 Å². The van der Waals surface area contributed by atoms with Crippen molar-refractivity contribution >= 4 is 21.8 Å². The van der Waals surface area contributed by atoms with Crippen LogP contribution < -0.4 is 10.6 Å². The summed E-state index contributed by atoms with van der Waals surface area (Å²) in [5.41, 5.74) is 2.55. The van der Waals surface area contributed by atoms with Crippen molar-refractivity contribution in [3.63, 3.8) is 0 Å². The van der Waals surface area contributed by atoms with Gasteiger partial charge in [0.25, 0.3) is 0 Å². The molecule has 0 radical (unpaired) electrons. The number of rotatable bonds is 2. The van der Waals surface area contributed by atoms with Crippen molar-refractivity contribution in [3.8, 4) is 0 Å². The maximum atomic E-state index is 12.4. The Morgan fingerprint density at radius 1 is 1.50 bits per heavy atom. The molecule has 1 amide bonds. The minimum Gasteiger partial charge on any atom is -0.375 e. The van der Waals surface area contributed by atoms with Crippen LogP contribution in [-0.2, 0) is 16.0 Å². The van der Waals surface area contributed by atoms with Crippen LogP contribution in [0.1, 0.15) is 30.5 Å². The van der Waals surface area contributed by atoms with E-state index in [-0.39, 0.29) is 24.1 Å². The van der Waals surface area contributed by atoms with Crippen molar-refractivity contribution in [2.75, 3.05) is 13.2 Å². The van der Waals surface area contributed by atoms with E-state index in [0.717, 1.165) is 23.9 Å². The van der Waals surface area contributed by atoms with E-state index in [1.807, 2.05) is 13.0 Å². The lowest BCUT2D eigenvalue weighted by Crippen LogP contribution is -2.55. The van der Waals surface area contributed by atoms with E-state index in [1.165, 1.54) is 11.1 Å². The van der Waals surface area contributed by atoms with Crippen LogP contribution in [0.15, 0.2) is 22.7 Å². The molecule has 0 spiro atoms. The first-order chi connectivity index (χ1) is 9.66. The Hall–Kier alpha value is -0.910. The maximum absolute atomic E-state index is 12.4. The second kappa shape index (κ2) is 5.84. The molecular weight excluding hydrogens is 320 g/mol. The molecule has 108 valence electrons. The highest BCUT2D eigenvalue weighted by Gasteiger charge is 2.32. The van der Waals surface area contributed by atoms with Gasteiger partial charge in [-0.2, -0.15) is 0 Å². The Morgan fingerprint density at radius 3 is 3.15 bits per heavy atom. The zero-order valence-corrected chi connectivity index (χ0v) is 13.1. The van der Waals surface area contributed by atoms with E-state index in [9.17, 15) is 4.79 Å². The lowest BCUT2D eigenvalue weighted by atomic mass is 10.1. The Bertz CT molecular complexity index is 521. The van der Waals surface area contributed by atoms with Gasteiger partial charge in [-0.3, -0.25) is 4.79 Å². The Balaban J connectivity index is 1.71. The van der Waals surface area contributed by atoms with Crippen molar-refractivity contribution in [2.45, 2.75) is 38.0 Å². The standard InChI is InChI=1S/C15H19BrN2O2/c1-9-14(17-7-8-20-9)15(19)18-13-6-5-10-11(13)3-2-4-12(10)16/h2-4,9,13-14,17H,5-8H2,1H3,(H,18,19)/t9-,13?,14+/m1/s1. The van der Waals surface area contributed by atoms with Crippen molar-refractivity contribution in [1.29, 1.82) is 0 Å². The van der Waals surface area contributed by atoms with Gasteiger partial charge in [0, 0.05) is 11.0 Å². The van der Waals surface area contributed by atoms with Crippen molar-refractivity contribution in [3.05, 3.63) is 33.8 Å². The third-order valence-electron chi connectivity index (χ3n) is 4.13. The summed E-state index contributed by atoms with van der Waals surface area (Å²) in [5, 5.41) is 6.39. The van der Waals surface area contributed by atoms with E-state index in [2.05, 4.69) is 38.7 Å². The Labute approximate surface area is 127 Å². The van der Waals surface area contributed by atoms with Crippen LogP contribution in [0.5, 0.6) is 0 Å². The molecule has 5 heteroatoms. The summed E-state index contributed by atoms with van der Waals surface area (Å²) in [5.74, 6) is 0.0371. The van der Waals surface area contributed by atoms with E-state index < -0.39 is 0 Å². The van der Waals surface area contributed by atoms with E-state index in [0.29, 0.717) is 6.61 Å².